The lowest BCUT2D eigenvalue weighted by Gasteiger charge is -2.14. The number of benzene rings is 1. The van der Waals surface area contributed by atoms with Crippen LogP contribution >= 0.6 is 0 Å². The first-order chi connectivity index (χ1) is 8.13. The van der Waals surface area contributed by atoms with Crippen molar-refractivity contribution in [1.82, 2.24) is 4.98 Å². The number of nitrogens with two attached hydrogens (primary N) is 1. The minimum Gasteiger partial charge on any atom is -0.496 e. The monoisotopic (exact) mass is 230 g/mol. The number of H-pyrrole nitrogens is 1. The Morgan fingerprint density at radius 2 is 2.18 bits per heavy atom. The zero-order chi connectivity index (χ0) is 12.0. The van der Waals surface area contributed by atoms with Crippen molar-refractivity contribution in [2.75, 3.05) is 7.11 Å². The fraction of sp³-hybridized carbons (Fsp3) is 0.429. The highest BCUT2D eigenvalue weighted by atomic mass is 16.5. The fourth-order valence-corrected chi connectivity index (χ4v) is 2.48. The maximum absolute atomic E-state index is 6.20. The molecule has 0 unspecified atom stereocenters. The first kappa shape index (κ1) is 10.7. The van der Waals surface area contributed by atoms with Gasteiger partial charge in [-0.25, -0.2) is 0 Å². The molecule has 0 aliphatic heterocycles. The summed E-state index contributed by atoms with van der Waals surface area (Å²) in [4.78, 5) is 3.26. The Morgan fingerprint density at radius 3 is 2.82 bits per heavy atom. The molecule has 1 aromatic heterocycles. The van der Waals surface area contributed by atoms with Crippen LogP contribution in [-0.2, 0) is 6.42 Å². The maximum atomic E-state index is 6.20. The molecular formula is C14H18N2O. The van der Waals surface area contributed by atoms with Gasteiger partial charge in [0.2, 0.25) is 0 Å². The molecule has 1 aromatic carbocycles. The summed E-state index contributed by atoms with van der Waals surface area (Å²) in [5, 5.41) is 1.19. The zero-order valence-corrected chi connectivity index (χ0v) is 10.3. The quantitative estimate of drug-likeness (QED) is 0.851. The number of rotatable bonds is 3. The van der Waals surface area contributed by atoms with Crippen molar-refractivity contribution in [3.63, 3.8) is 0 Å². The number of nitrogens with one attached hydrogen (secondary N) is 1. The molecule has 17 heavy (non-hydrogen) atoms. The second-order valence-electron chi connectivity index (χ2n) is 5.19. The molecule has 90 valence electrons. The molecule has 1 saturated carbocycles. The number of hydrogen-bond donors (Lipinski definition) is 2. The molecule has 0 saturated heterocycles. The van der Waals surface area contributed by atoms with Gasteiger partial charge in [0.25, 0.3) is 0 Å². The van der Waals surface area contributed by atoms with Gasteiger partial charge in [-0.2, -0.15) is 0 Å². The molecule has 2 aromatic rings. The van der Waals surface area contributed by atoms with Crippen molar-refractivity contribution in [2.45, 2.75) is 31.7 Å². The number of fused-ring (bicyclic) bond motifs is 1. The Morgan fingerprint density at radius 1 is 1.41 bits per heavy atom. The first-order valence-corrected chi connectivity index (χ1v) is 6.05. The summed E-state index contributed by atoms with van der Waals surface area (Å²) >= 11 is 0. The molecule has 1 aliphatic rings. The van der Waals surface area contributed by atoms with Gasteiger partial charge in [-0.15, -0.1) is 0 Å². The Hall–Kier alpha value is -1.48. The molecule has 0 spiro atoms. The second-order valence-corrected chi connectivity index (χ2v) is 5.19. The van der Waals surface area contributed by atoms with Crippen molar-refractivity contribution < 1.29 is 4.74 Å². The normalized spacial score (nSPS) is 17.4. The third-order valence-electron chi connectivity index (χ3n) is 3.72. The Bertz CT molecular complexity index is 567. The molecule has 3 heteroatoms. The predicted molar refractivity (Wildman–Crippen MR) is 69.4 cm³/mol. The van der Waals surface area contributed by atoms with Crippen molar-refractivity contribution in [3.8, 4) is 5.75 Å². The van der Waals surface area contributed by atoms with E-state index >= 15 is 0 Å². The lowest BCUT2D eigenvalue weighted by Crippen LogP contribution is -2.24. The predicted octanol–water partition coefficient (Wildman–Crippen LogP) is 2.52. The molecule has 3 rings (SSSR count). The molecule has 3 N–H and O–H groups in total. The summed E-state index contributed by atoms with van der Waals surface area (Å²) in [7, 11) is 1.74. The van der Waals surface area contributed by atoms with Crippen LogP contribution in [0.3, 0.4) is 0 Å². The van der Waals surface area contributed by atoms with Crippen molar-refractivity contribution >= 4 is 10.9 Å². The van der Waals surface area contributed by atoms with Gasteiger partial charge in [0, 0.05) is 22.6 Å². The summed E-state index contributed by atoms with van der Waals surface area (Å²) in [6.45, 7) is 2.10. The standard InChI is InChI=1S/C14H18N2O/c1-9-8-16-11-4-3-10(7-14(15)5-6-14)13(17-2)12(9)11/h3-4,8,16H,5-7,15H2,1-2H3. The van der Waals surface area contributed by atoms with E-state index in [1.165, 1.54) is 16.5 Å². The van der Waals surface area contributed by atoms with Crippen LogP contribution < -0.4 is 10.5 Å². The van der Waals surface area contributed by atoms with E-state index < -0.39 is 0 Å². The number of hydrogen-bond acceptors (Lipinski definition) is 2. The molecule has 1 heterocycles. The van der Waals surface area contributed by atoms with Crippen molar-refractivity contribution in [3.05, 3.63) is 29.5 Å². The lowest BCUT2D eigenvalue weighted by molar-refractivity contribution is 0.412. The fourth-order valence-electron chi connectivity index (χ4n) is 2.48. The summed E-state index contributed by atoms with van der Waals surface area (Å²) in [6.07, 6.45) is 5.18. The van der Waals surface area contributed by atoms with Crippen LogP contribution in [-0.4, -0.2) is 17.6 Å². The smallest absolute Gasteiger partial charge is 0.131 e. The van der Waals surface area contributed by atoms with E-state index in [0.717, 1.165) is 30.5 Å². The molecule has 0 bridgehead atoms. The lowest BCUT2D eigenvalue weighted by atomic mass is 10.0. The maximum Gasteiger partial charge on any atom is 0.131 e. The number of aromatic amines is 1. The highest BCUT2D eigenvalue weighted by Crippen LogP contribution is 2.40. The SMILES string of the molecule is COc1c(CC2(N)CC2)ccc2[nH]cc(C)c12. The molecular weight excluding hydrogens is 212 g/mol. The molecule has 0 radical (unpaired) electrons. The summed E-state index contributed by atoms with van der Waals surface area (Å²) in [5.74, 6) is 0.984. The average Bonchev–Trinajstić information content (AvgIpc) is 2.92. The Labute approximate surface area is 101 Å². The third kappa shape index (κ3) is 1.71. The van der Waals surface area contributed by atoms with E-state index in [1.54, 1.807) is 7.11 Å². The van der Waals surface area contributed by atoms with Crippen molar-refractivity contribution in [2.24, 2.45) is 5.73 Å². The van der Waals surface area contributed by atoms with Crippen LogP contribution in [0.1, 0.15) is 24.0 Å². The summed E-state index contributed by atoms with van der Waals surface area (Å²) < 4.78 is 5.60. The third-order valence-corrected chi connectivity index (χ3v) is 3.72. The second kappa shape index (κ2) is 3.50. The van der Waals surface area contributed by atoms with Crippen molar-refractivity contribution in [1.29, 1.82) is 0 Å². The van der Waals surface area contributed by atoms with Gasteiger partial charge in [-0.05, 0) is 43.4 Å². The van der Waals surface area contributed by atoms with Gasteiger partial charge in [0.15, 0.2) is 0 Å². The van der Waals surface area contributed by atoms with Gasteiger partial charge in [0.1, 0.15) is 5.75 Å². The molecule has 1 aliphatic carbocycles. The number of aromatic nitrogens is 1. The van der Waals surface area contributed by atoms with Crippen LogP contribution in [0.25, 0.3) is 10.9 Å². The first-order valence-electron chi connectivity index (χ1n) is 6.05. The topological polar surface area (TPSA) is 51.0 Å². The van der Waals surface area contributed by atoms with Gasteiger partial charge >= 0.3 is 0 Å². The molecule has 0 amide bonds. The minimum absolute atomic E-state index is 0.0190. The highest BCUT2D eigenvalue weighted by Gasteiger charge is 2.38. The molecule has 3 nitrogen and oxygen atoms in total. The van der Waals surface area contributed by atoms with E-state index in [2.05, 4.69) is 24.0 Å². The van der Waals surface area contributed by atoms with Crippen LogP contribution in [0.5, 0.6) is 5.75 Å². The molecule has 0 atom stereocenters. The number of aryl methyl sites for hydroxylation is 1. The highest BCUT2D eigenvalue weighted by molar-refractivity contribution is 5.90. The van der Waals surface area contributed by atoms with Crippen LogP contribution in [0.4, 0.5) is 0 Å². The van der Waals surface area contributed by atoms with Gasteiger partial charge in [0.05, 0.1) is 7.11 Å². The van der Waals surface area contributed by atoms with Crippen LogP contribution in [0.15, 0.2) is 18.3 Å². The Kier molecular flexibility index (Phi) is 2.20. The Balaban J connectivity index is 2.13. The number of ether oxygens (including phenoxy) is 1. The number of methoxy groups -OCH3 is 1. The van der Waals surface area contributed by atoms with Crippen LogP contribution in [0.2, 0.25) is 0 Å². The largest absolute Gasteiger partial charge is 0.496 e. The van der Waals surface area contributed by atoms with Gasteiger partial charge in [-0.3, -0.25) is 0 Å². The van der Waals surface area contributed by atoms with Gasteiger partial charge < -0.3 is 15.5 Å². The zero-order valence-electron chi connectivity index (χ0n) is 10.3. The van der Waals surface area contributed by atoms with E-state index in [1.807, 2.05) is 6.20 Å². The van der Waals surface area contributed by atoms with E-state index in [-0.39, 0.29) is 5.54 Å². The summed E-state index contributed by atoms with van der Waals surface area (Å²) in [5.41, 5.74) is 9.79. The van der Waals surface area contributed by atoms with Crippen LogP contribution in [0, 0.1) is 6.92 Å². The minimum atomic E-state index is 0.0190. The summed E-state index contributed by atoms with van der Waals surface area (Å²) in [6, 6.07) is 4.25. The van der Waals surface area contributed by atoms with E-state index in [0.29, 0.717) is 0 Å². The average molecular weight is 230 g/mol. The van der Waals surface area contributed by atoms with Gasteiger partial charge in [-0.1, -0.05) is 6.07 Å². The van der Waals surface area contributed by atoms with E-state index in [9.17, 15) is 0 Å². The molecule has 1 fully saturated rings. The van der Waals surface area contributed by atoms with E-state index in [4.69, 9.17) is 10.5 Å².